The molecule has 1 unspecified atom stereocenters. The molecule has 1 saturated heterocycles. The van der Waals surface area contributed by atoms with Crippen molar-refractivity contribution in [3.05, 3.63) is 29.1 Å². The van der Waals surface area contributed by atoms with E-state index in [4.69, 9.17) is 0 Å². The molecule has 1 aromatic heterocycles. The standard InChI is InChI=1S/C16H25N3O/c1-4-19-7-5-6-15(19)11-17-16(20)10-14-8-12(2)18-13(3)9-14/h8-9,15H,4-7,10-11H2,1-3H3,(H,17,20). The molecule has 0 aromatic carbocycles. The Balaban J connectivity index is 1.83. The molecule has 4 heteroatoms. The van der Waals surface area contributed by atoms with Gasteiger partial charge < -0.3 is 5.32 Å². The Kier molecular flexibility index (Phi) is 5.12. The second-order valence-electron chi connectivity index (χ2n) is 5.66. The minimum Gasteiger partial charge on any atom is -0.354 e. The third-order valence-corrected chi connectivity index (χ3v) is 3.95. The second kappa shape index (κ2) is 6.84. The van der Waals surface area contributed by atoms with E-state index in [0.717, 1.165) is 30.0 Å². The predicted octanol–water partition coefficient (Wildman–Crippen LogP) is 1.84. The van der Waals surface area contributed by atoms with Gasteiger partial charge in [-0.25, -0.2) is 0 Å². The van der Waals surface area contributed by atoms with E-state index in [1.807, 2.05) is 26.0 Å². The van der Waals surface area contributed by atoms with E-state index in [2.05, 4.69) is 22.1 Å². The molecule has 1 atom stereocenters. The predicted molar refractivity (Wildman–Crippen MR) is 80.7 cm³/mol. The first-order valence-electron chi connectivity index (χ1n) is 7.53. The molecule has 1 N–H and O–H groups in total. The van der Waals surface area contributed by atoms with Crippen molar-refractivity contribution in [1.29, 1.82) is 0 Å². The zero-order chi connectivity index (χ0) is 14.5. The molecule has 0 bridgehead atoms. The van der Waals surface area contributed by atoms with Gasteiger partial charge in [0.25, 0.3) is 0 Å². The summed E-state index contributed by atoms with van der Waals surface area (Å²) in [6.07, 6.45) is 2.89. The van der Waals surface area contributed by atoms with E-state index >= 15 is 0 Å². The van der Waals surface area contributed by atoms with Crippen LogP contribution >= 0.6 is 0 Å². The second-order valence-corrected chi connectivity index (χ2v) is 5.66. The van der Waals surface area contributed by atoms with E-state index in [-0.39, 0.29) is 5.91 Å². The minimum atomic E-state index is 0.109. The molecule has 2 rings (SSSR count). The summed E-state index contributed by atoms with van der Waals surface area (Å²) in [7, 11) is 0. The lowest BCUT2D eigenvalue weighted by Crippen LogP contribution is -2.40. The van der Waals surface area contributed by atoms with Gasteiger partial charge in [-0.3, -0.25) is 14.7 Å². The molecule has 0 radical (unpaired) electrons. The number of hydrogen-bond donors (Lipinski definition) is 1. The number of likely N-dealkylation sites (tertiary alicyclic amines) is 1. The Labute approximate surface area is 121 Å². The zero-order valence-corrected chi connectivity index (χ0v) is 12.8. The maximum atomic E-state index is 12.0. The monoisotopic (exact) mass is 275 g/mol. The number of pyridine rings is 1. The molecular formula is C16H25N3O. The molecule has 1 amide bonds. The number of carbonyl (C=O) groups is 1. The van der Waals surface area contributed by atoms with Gasteiger partial charge in [0.05, 0.1) is 6.42 Å². The van der Waals surface area contributed by atoms with Crippen molar-refractivity contribution in [1.82, 2.24) is 15.2 Å². The Morgan fingerprint density at radius 2 is 2.10 bits per heavy atom. The molecule has 1 fully saturated rings. The van der Waals surface area contributed by atoms with Crippen LogP contribution in [0.2, 0.25) is 0 Å². The van der Waals surface area contributed by atoms with Crippen LogP contribution in [0.1, 0.15) is 36.7 Å². The van der Waals surface area contributed by atoms with Crippen LogP contribution in [0.15, 0.2) is 12.1 Å². The molecule has 0 aliphatic carbocycles. The fourth-order valence-corrected chi connectivity index (χ4v) is 3.05. The van der Waals surface area contributed by atoms with E-state index in [1.165, 1.54) is 19.4 Å². The van der Waals surface area contributed by atoms with Crippen LogP contribution in [-0.4, -0.2) is 41.5 Å². The highest BCUT2D eigenvalue weighted by Crippen LogP contribution is 2.15. The van der Waals surface area contributed by atoms with Gasteiger partial charge >= 0.3 is 0 Å². The van der Waals surface area contributed by atoms with Crippen LogP contribution in [0, 0.1) is 13.8 Å². The lowest BCUT2D eigenvalue weighted by Gasteiger charge is -2.22. The van der Waals surface area contributed by atoms with Crippen molar-refractivity contribution in [2.45, 2.75) is 46.1 Å². The van der Waals surface area contributed by atoms with Crippen molar-refractivity contribution in [3.8, 4) is 0 Å². The summed E-state index contributed by atoms with van der Waals surface area (Å²) < 4.78 is 0. The van der Waals surface area contributed by atoms with Crippen LogP contribution in [0.3, 0.4) is 0 Å². The van der Waals surface area contributed by atoms with Crippen molar-refractivity contribution in [3.63, 3.8) is 0 Å². The number of likely N-dealkylation sites (N-methyl/N-ethyl adjacent to an activating group) is 1. The third kappa shape index (κ3) is 4.04. The number of aromatic nitrogens is 1. The first-order chi connectivity index (χ1) is 9.58. The van der Waals surface area contributed by atoms with Crippen molar-refractivity contribution < 1.29 is 4.79 Å². The minimum absolute atomic E-state index is 0.109. The summed E-state index contributed by atoms with van der Waals surface area (Å²) in [5.74, 6) is 0.109. The lowest BCUT2D eigenvalue weighted by atomic mass is 10.1. The van der Waals surface area contributed by atoms with Crippen LogP contribution in [0.25, 0.3) is 0 Å². The number of carbonyl (C=O) groups excluding carboxylic acids is 1. The fourth-order valence-electron chi connectivity index (χ4n) is 3.05. The zero-order valence-electron chi connectivity index (χ0n) is 12.8. The Bertz CT molecular complexity index is 453. The third-order valence-electron chi connectivity index (χ3n) is 3.95. The maximum absolute atomic E-state index is 12.0. The number of rotatable bonds is 5. The fraction of sp³-hybridized carbons (Fsp3) is 0.625. The van der Waals surface area contributed by atoms with E-state index in [0.29, 0.717) is 12.5 Å². The maximum Gasteiger partial charge on any atom is 0.224 e. The summed E-state index contributed by atoms with van der Waals surface area (Å²) in [6.45, 7) is 9.12. The van der Waals surface area contributed by atoms with Gasteiger partial charge in [-0.15, -0.1) is 0 Å². The van der Waals surface area contributed by atoms with Crippen LogP contribution < -0.4 is 5.32 Å². The van der Waals surface area contributed by atoms with Gasteiger partial charge in [-0.05, 0) is 57.5 Å². The largest absolute Gasteiger partial charge is 0.354 e. The van der Waals surface area contributed by atoms with Gasteiger partial charge in [-0.2, -0.15) is 0 Å². The Morgan fingerprint density at radius 1 is 1.40 bits per heavy atom. The van der Waals surface area contributed by atoms with Crippen molar-refractivity contribution >= 4 is 5.91 Å². The van der Waals surface area contributed by atoms with E-state index in [1.54, 1.807) is 0 Å². The highest BCUT2D eigenvalue weighted by atomic mass is 16.1. The SMILES string of the molecule is CCN1CCCC1CNC(=O)Cc1cc(C)nc(C)c1. The van der Waals surface area contributed by atoms with Crippen molar-refractivity contribution in [2.24, 2.45) is 0 Å². The number of amides is 1. The number of hydrogen-bond acceptors (Lipinski definition) is 3. The quantitative estimate of drug-likeness (QED) is 0.892. The smallest absolute Gasteiger partial charge is 0.224 e. The van der Waals surface area contributed by atoms with E-state index < -0.39 is 0 Å². The molecule has 20 heavy (non-hydrogen) atoms. The van der Waals surface area contributed by atoms with Crippen LogP contribution in [0.5, 0.6) is 0 Å². The summed E-state index contributed by atoms with van der Waals surface area (Å²) in [5.41, 5.74) is 2.99. The highest BCUT2D eigenvalue weighted by Gasteiger charge is 2.23. The molecule has 0 saturated carbocycles. The summed E-state index contributed by atoms with van der Waals surface area (Å²) in [4.78, 5) is 18.8. The molecule has 1 aliphatic rings. The Morgan fingerprint density at radius 3 is 2.75 bits per heavy atom. The normalized spacial score (nSPS) is 19.2. The molecule has 110 valence electrons. The highest BCUT2D eigenvalue weighted by molar-refractivity contribution is 5.78. The van der Waals surface area contributed by atoms with Gasteiger partial charge in [-0.1, -0.05) is 6.92 Å². The van der Waals surface area contributed by atoms with Gasteiger partial charge in [0.2, 0.25) is 5.91 Å². The molecule has 4 nitrogen and oxygen atoms in total. The van der Waals surface area contributed by atoms with Gasteiger partial charge in [0, 0.05) is 24.0 Å². The topological polar surface area (TPSA) is 45.2 Å². The molecule has 2 heterocycles. The first-order valence-corrected chi connectivity index (χ1v) is 7.53. The number of nitrogens with one attached hydrogen (secondary N) is 1. The average molecular weight is 275 g/mol. The van der Waals surface area contributed by atoms with Crippen LogP contribution in [0.4, 0.5) is 0 Å². The first kappa shape index (κ1) is 15.0. The summed E-state index contributed by atoms with van der Waals surface area (Å²) in [5, 5.41) is 3.08. The summed E-state index contributed by atoms with van der Waals surface area (Å²) >= 11 is 0. The van der Waals surface area contributed by atoms with Gasteiger partial charge in [0.1, 0.15) is 0 Å². The Hall–Kier alpha value is -1.42. The van der Waals surface area contributed by atoms with Crippen molar-refractivity contribution in [2.75, 3.05) is 19.6 Å². The molecule has 0 spiro atoms. The molecular weight excluding hydrogens is 250 g/mol. The number of aryl methyl sites for hydroxylation is 2. The molecule has 1 aromatic rings. The average Bonchev–Trinajstić information content (AvgIpc) is 2.82. The van der Waals surface area contributed by atoms with E-state index in [9.17, 15) is 4.79 Å². The lowest BCUT2D eigenvalue weighted by molar-refractivity contribution is -0.120. The van der Waals surface area contributed by atoms with Crippen LogP contribution in [-0.2, 0) is 11.2 Å². The number of nitrogens with zero attached hydrogens (tertiary/aromatic N) is 2. The molecule has 1 aliphatic heterocycles. The van der Waals surface area contributed by atoms with Gasteiger partial charge in [0.15, 0.2) is 0 Å². The summed E-state index contributed by atoms with van der Waals surface area (Å²) in [6, 6.07) is 4.49.